The summed E-state index contributed by atoms with van der Waals surface area (Å²) in [6, 6.07) is 7.90. The molecule has 0 fully saturated rings. The van der Waals surface area contributed by atoms with Gasteiger partial charge in [-0.15, -0.1) is 11.3 Å². The van der Waals surface area contributed by atoms with Gasteiger partial charge in [-0.1, -0.05) is 29.8 Å². The zero-order valence-corrected chi connectivity index (χ0v) is 13.0. The first-order valence-electron chi connectivity index (χ1n) is 6.33. The third-order valence-electron chi connectivity index (χ3n) is 3.42. The summed E-state index contributed by atoms with van der Waals surface area (Å²) in [6.07, 6.45) is 0. The molecule has 0 N–H and O–H groups in total. The van der Waals surface area contributed by atoms with Crippen molar-refractivity contribution >= 4 is 38.7 Å². The van der Waals surface area contributed by atoms with E-state index in [9.17, 15) is 10.1 Å². The van der Waals surface area contributed by atoms with E-state index in [-0.39, 0.29) is 10.6 Å². The van der Waals surface area contributed by atoms with Gasteiger partial charge in [-0.25, -0.2) is 0 Å². The molecule has 3 aromatic rings. The number of hydrogen-bond donors (Lipinski definition) is 0. The minimum Gasteiger partial charge on any atom is -0.258 e. The highest BCUT2D eigenvalue weighted by Gasteiger charge is 2.22. The highest BCUT2D eigenvalue weighted by molar-refractivity contribution is 7.19. The van der Waals surface area contributed by atoms with Gasteiger partial charge in [0.15, 0.2) is 0 Å². The van der Waals surface area contributed by atoms with Gasteiger partial charge < -0.3 is 0 Å². The van der Waals surface area contributed by atoms with Crippen LogP contribution in [0.4, 0.5) is 5.69 Å². The Hall–Kier alpha value is -1.92. The summed E-state index contributed by atoms with van der Waals surface area (Å²) in [5, 5.41) is 17.0. The summed E-state index contributed by atoms with van der Waals surface area (Å²) in [5.41, 5.74) is 1.05. The van der Waals surface area contributed by atoms with E-state index in [0.29, 0.717) is 23.0 Å². The maximum atomic E-state index is 11.0. The second kappa shape index (κ2) is 5.13. The standard InChI is InChI=1S/C14H12ClN3O2S/c1-8-14(18(19)20)9(2)17(16-8)7-12-13(15)10-5-3-4-6-11(10)21-12/h3-6H,7H2,1-2H3. The molecule has 0 atom stereocenters. The van der Waals surface area contributed by atoms with E-state index in [1.54, 1.807) is 29.9 Å². The van der Waals surface area contributed by atoms with Crippen molar-refractivity contribution in [2.45, 2.75) is 20.4 Å². The molecule has 0 spiro atoms. The summed E-state index contributed by atoms with van der Waals surface area (Å²) in [7, 11) is 0. The molecular weight excluding hydrogens is 310 g/mol. The smallest absolute Gasteiger partial charge is 0.258 e. The molecule has 0 radical (unpaired) electrons. The van der Waals surface area contributed by atoms with Crippen molar-refractivity contribution in [1.82, 2.24) is 9.78 Å². The fourth-order valence-corrected chi connectivity index (χ4v) is 3.88. The number of halogens is 1. The molecule has 0 aliphatic rings. The SMILES string of the molecule is Cc1nn(Cc2sc3ccccc3c2Cl)c(C)c1[N+](=O)[O-]. The molecule has 21 heavy (non-hydrogen) atoms. The fourth-order valence-electron chi connectivity index (χ4n) is 2.41. The number of rotatable bonds is 3. The predicted molar refractivity (Wildman–Crippen MR) is 84.3 cm³/mol. The molecule has 3 rings (SSSR count). The number of hydrogen-bond acceptors (Lipinski definition) is 4. The van der Waals surface area contributed by atoms with Crippen LogP contribution >= 0.6 is 22.9 Å². The monoisotopic (exact) mass is 321 g/mol. The van der Waals surface area contributed by atoms with Gasteiger partial charge in [-0.3, -0.25) is 14.8 Å². The largest absolute Gasteiger partial charge is 0.312 e. The number of aromatic nitrogens is 2. The lowest BCUT2D eigenvalue weighted by Gasteiger charge is -2.01. The second-order valence-electron chi connectivity index (χ2n) is 4.77. The van der Waals surface area contributed by atoms with Gasteiger partial charge in [0, 0.05) is 15.0 Å². The Bertz CT molecular complexity index is 853. The molecule has 2 aromatic heterocycles. The van der Waals surface area contributed by atoms with Crippen molar-refractivity contribution in [3.05, 3.63) is 55.7 Å². The Labute approximate surface area is 129 Å². The molecule has 0 saturated heterocycles. The molecule has 0 saturated carbocycles. The van der Waals surface area contributed by atoms with Crippen molar-refractivity contribution in [2.75, 3.05) is 0 Å². The van der Waals surface area contributed by atoms with Crippen LogP contribution < -0.4 is 0 Å². The molecule has 7 heteroatoms. The van der Waals surface area contributed by atoms with E-state index < -0.39 is 0 Å². The predicted octanol–water partition coefficient (Wildman–Crippen LogP) is 4.32. The van der Waals surface area contributed by atoms with E-state index in [1.807, 2.05) is 24.3 Å². The average Bonchev–Trinajstić information content (AvgIpc) is 2.89. The van der Waals surface area contributed by atoms with E-state index in [0.717, 1.165) is 15.0 Å². The minimum atomic E-state index is -0.388. The molecule has 0 aliphatic carbocycles. The number of nitro groups is 1. The molecule has 0 bridgehead atoms. The molecule has 5 nitrogen and oxygen atoms in total. The third-order valence-corrected chi connectivity index (χ3v) is 5.12. The van der Waals surface area contributed by atoms with Crippen LogP contribution in [0.5, 0.6) is 0 Å². The van der Waals surface area contributed by atoms with Gasteiger partial charge in [0.25, 0.3) is 0 Å². The van der Waals surface area contributed by atoms with E-state index in [2.05, 4.69) is 5.10 Å². The van der Waals surface area contributed by atoms with Crippen LogP contribution in [-0.4, -0.2) is 14.7 Å². The quantitative estimate of drug-likeness (QED) is 0.533. The van der Waals surface area contributed by atoms with Gasteiger partial charge in [-0.05, 0) is 19.9 Å². The van der Waals surface area contributed by atoms with Crippen molar-refractivity contribution in [3.63, 3.8) is 0 Å². The van der Waals surface area contributed by atoms with Crippen molar-refractivity contribution in [2.24, 2.45) is 0 Å². The van der Waals surface area contributed by atoms with Crippen LogP contribution in [0.25, 0.3) is 10.1 Å². The van der Waals surface area contributed by atoms with Gasteiger partial charge in [0.05, 0.1) is 16.5 Å². The van der Waals surface area contributed by atoms with Crippen LogP contribution in [0.3, 0.4) is 0 Å². The summed E-state index contributed by atoms with van der Waals surface area (Å²) in [6.45, 7) is 3.80. The number of aryl methyl sites for hydroxylation is 1. The highest BCUT2D eigenvalue weighted by atomic mass is 35.5. The molecule has 0 amide bonds. The minimum absolute atomic E-state index is 0.0761. The Morgan fingerprint density at radius 3 is 2.71 bits per heavy atom. The van der Waals surface area contributed by atoms with E-state index in [1.165, 1.54) is 0 Å². The number of thiophene rings is 1. The number of nitrogens with zero attached hydrogens (tertiary/aromatic N) is 3. The van der Waals surface area contributed by atoms with Gasteiger partial charge in [0.2, 0.25) is 0 Å². The first kappa shape index (κ1) is 14.0. The van der Waals surface area contributed by atoms with E-state index in [4.69, 9.17) is 11.6 Å². The maximum Gasteiger partial charge on any atom is 0.312 e. The zero-order chi connectivity index (χ0) is 15.1. The second-order valence-corrected chi connectivity index (χ2v) is 6.28. The number of benzene rings is 1. The summed E-state index contributed by atoms with van der Waals surface area (Å²) in [4.78, 5) is 11.6. The van der Waals surface area contributed by atoms with Crippen LogP contribution in [-0.2, 0) is 6.54 Å². The summed E-state index contributed by atoms with van der Waals surface area (Å²) in [5.74, 6) is 0. The molecule has 0 aliphatic heterocycles. The lowest BCUT2D eigenvalue weighted by molar-refractivity contribution is -0.386. The van der Waals surface area contributed by atoms with Gasteiger partial charge in [-0.2, -0.15) is 5.10 Å². The van der Waals surface area contributed by atoms with Crippen molar-refractivity contribution < 1.29 is 4.92 Å². The lowest BCUT2D eigenvalue weighted by atomic mass is 10.2. The average molecular weight is 322 g/mol. The maximum absolute atomic E-state index is 11.0. The normalized spacial score (nSPS) is 11.2. The first-order valence-corrected chi connectivity index (χ1v) is 7.52. The van der Waals surface area contributed by atoms with Crippen LogP contribution in [0.15, 0.2) is 24.3 Å². The zero-order valence-electron chi connectivity index (χ0n) is 11.5. The summed E-state index contributed by atoms with van der Waals surface area (Å²) >= 11 is 7.99. The van der Waals surface area contributed by atoms with Crippen LogP contribution in [0.1, 0.15) is 16.3 Å². The fraction of sp³-hybridized carbons (Fsp3) is 0.214. The van der Waals surface area contributed by atoms with E-state index >= 15 is 0 Å². The topological polar surface area (TPSA) is 61.0 Å². The van der Waals surface area contributed by atoms with Gasteiger partial charge in [0.1, 0.15) is 11.4 Å². The van der Waals surface area contributed by atoms with Gasteiger partial charge >= 0.3 is 5.69 Å². The third kappa shape index (κ3) is 2.30. The van der Waals surface area contributed by atoms with Crippen molar-refractivity contribution in [1.29, 1.82) is 0 Å². The Morgan fingerprint density at radius 1 is 1.38 bits per heavy atom. The highest BCUT2D eigenvalue weighted by Crippen LogP contribution is 2.36. The molecule has 108 valence electrons. The lowest BCUT2D eigenvalue weighted by Crippen LogP contribution is -2.03. The Balaban J connectivity index is 2.05. The molecule has 2 heterocycles. The molecule has 0 unspecified atom stereocenters. The van der Waals surface area contributed by atoms with Crippen molar-refractivity contribution in [3.8, 4) is 0 Å². The van der Waals surface area contributed by atoms with Crippen LogP contribution in [0.2, 0.25) is 5.02 Å². The first-order chi connectivity index (χ1) is 9.99. The molecule has 1 aromatic carbocycles. The summed E-state index contributed by atoms with van der Waals surface area (Å²) < 4.78 is 2.75. The Morgan fingerprint density at radius 2 is 2.10 bits per heavy atom. The Kier molecular flexibility index (Phi) is 3.43. The molecular formula is C14H12ClN3O2S. The number of fused-ring (bicyclic) bond motifs is 1. The van der Waals surface area contributed by atoms with Crippen LogP contribution in [0, 0.1) is 24.0 Å².